The predicted molar refractivity (Wildman–Crippen MR) is 113 cm³/mol. The number of benzene rings is 1. The SMILES string of the molecule is COc1ccc(CN2CCC(C(OS(C)(=O)=O)[C@H]3COC(C)(C)N3C(=O)O)S2)cc1. The van der Waals surface area contributed by atoms with Gasteiger partial charge in [-0.15, -0.1) is 0 Å². The molecule has 0 bridgehead atoms. The van der Waals surface area contributed by atoms with Crippen LogP contribution >= 0.6 is 11.9 Å². The molecule has 30 heavy (non-hydrogen) atoms. The van der Waals surface area contributed by atoms with Gasteiger partial charge in [-0.2, -0.15) is 8.42 Å². The number of amides is 1. The van der Waals surface area contributed by atoms with Gasteiger partial charge in [0.2, 0.25) is 0 Å². The average molecular weight is 461 g/mol. The molecule has 9 nitrogen and oxygen atoms in total. The van der Waals surface area contributed by atoms with E-state index in [1.807, 2.05) is 24.3 Å². The van der Waals surface area contributed by atoms with E-state index in [1.54, 1.807) is 21.0 Å². The van der Waals surface area contributed by atoms with Gasteiger partial charge in [0.1, 0.15) is 17.6 Å². The van der Waals surface area contributed by atoms with Gasteiger partial charge >= 0.3 is 6.09 Å². The summed E-state index contributed by atoms with van der Waals surface area (Å²) in [5.74, 6) is 0.782. The lowest BCUT2D eigenvalue weighted by atomic mass is 10.0. The van der Waals surface area contributed by atoms with Crippen molar-refractivity contribution in [2.45, 2.75) is 49.9 Å². The number of hydrogen-bond acceptors (Lipinski definition) is 8. The Morgan fingerprint density at radius 3 is 2.60 bits per heavy atom. The fourth-order valence-corrected chi connectivity index (χ4v) is 5.99. The topological polar surface area (TPSA) is 106 Å². The smallest absolute Gasteiger partial charge is 0.410 e. The molecule has 1 aromatic rings. The summed E-state index contributed by atoms with van der Waals surface area (Å²) in [6, 6.07) is 7.04. The Hall–Kier alpha value is -1.53. The predicted octanol–water partition coefficient (Wildman–Crippen LogP) is 2.38. The Kier molecular flexibility index (Phi) is 6.87. The highest BCUT2D eigenvalue weighted by Gasteiger charge is 2.51. The lowest BCUT2D eigenvalue weighted by Crippen LogP contribution is -2.54. The maximum absolute atomic E-state index is 12.0. The molecule has 2 heterocycles. The number of rotatable bonds is 7. The first-order valence-electron chi connectivity index (χ1n) is 9.59. The summed E-state index contributed by atoms with van der Waals surface area (Å²) in [5.41, 5.74) is 0.0452. The number of methoxy groups -OCH3 is 1. The molecule has 1 aromatic carbocycles. The second kappa shape index (κ2) is 8.91. The van der Waals surface area contributed by atoms with Crippen LogP contribution < -0.4 is 4.74 Å². The quantitative estimate of drug-likeness (QED) is 0.485. The number of carbonyl (C=O) groups is 1. The van der Waals surface area contributed by atoms with E-state index in [9.17, 15) is 18.3 Å². The van der Waals surface area contributed by atoms with Crippen LogP contribution in [0.3, 0.4) is 0 Å². The molecule has 1 amide bonds. The number of hydrogen-bond donors (Lipinski definition) is 1. The van der Waals surface area contributed by atoms with E-state index in [4.69, 9.17) is 13.7 Å². The Balaban J connectivity index is 1.75. The largest absolute Gasteiger partial charge is 0.497 e. The van der Waals surface area contributed by atoms with Crippen LogP contribution in [0.25, 0.3) is 0 Å². The second-order valence-corrected chi connectivity index (χ2v) is 10.8. The Morgan fingerprint density at radius 2 is 2.03 bits per heavy atom. The molecule has 1 N–H and O–H groups in total. The zero-order valence-electron chi connectivity index (χ0n) is 17.5. The van der Waals surface area contributed by atoms with Gasteiger partial charge in [-0.05, 0) is 38.0 Å². The van der Waals surface area contributed by atoms with Crippen molar-refractivity contribution < 1.29 is 32.0 Å². The van der Waals surface area contributed by atoms with E-state index in [2.05, 4.69) is 4.31 Å². The first kappa shape index (κ1) is 23.1. The molecular formula is C19H28N2O7S2. The van der Waals surface area contributed by atoms with Gasteiger partial charge < -0.3 is 14.6 Å². The fraction of sp³-hybridized carbons (Fsp3) is 0.632. The molecule has 11 heteroatoms. The molecule has 2 saturated heterocycles. The number of carboxylic acid groups (broad SMARTS) is 1. The van der Waals surface area contributed by atoms with Crippen molar-refractivity contribution in [2.24, 2.45) is 0 Å². The van der Waals surface area contributed by atoms with Crippen LogP contribution in [0.5, 0.6) is 5.75 Å². The third-order valence-corrected chi connectivity index (χ3v) is 7.18. The third kappa shape index (κ3) is 5.38. The molecule has 2 aliphatic rings. The van der Waals surface area contributed by atoms with Crippen LogP contribution in [-0.2, 0) is 25.6 Å². The molecule has 0 saturated carbocycles. The van der Waals surface area contributed by atoms with Crippen LogP contribution in [0.1, 0.15) is 25.8 Å². The summed E-state index contributed by atoms with van der Waals surface area (Å²) in [6.45, 7) is 4.78. The highest BCUT2D eigenvalue weighted by molar-refractivity contribution is 7.97. The average Bonchev–Trinajstić information content (AvgIpc) is 3.23. The van der Waals surface area contributed by atoms with Crippen molar-refractivity contribution in [3.05, 3.63) is 29.8 Å². The van der Waals surface area contributed by atoms with E-state index < -0.39 is 34.1 Å². The maximum atomic E-state index is 12.0. The van der Waals surface area contributed by atoms with Gasteiger partial charge in [-0.1, -0.05) is 24.1 Å². The van der Waals surface area contributed by atoms with E-state index in [1.165, 1.54) is 11.9 Å². The highest BCUT2D eigenvalue weighted by atomic mass is 32.2. The minimum Gasteiger partial charge on any atom is -0.497 e. The monoisotopic (exact) mass is 460 g/mol. The fourth-order valence-electron chi connectivity index (χ4n) is 3.87. The molecule has 0 aliphatic carbocycles. The molecule has 3 rings (SSSR count). The third-order valence-electron chi connectivity index (χ3n) is 5.22. The van der Waals surface area contributed by atoms with E-state index in [-0.39, 0.29) is 11.9 Å². The Labute approximate surface area is 181 Å². The van der Waals surface area contributed by atoms with Crippen LogP contribution in [-0.4, -0.2) is 78.5 Å². The van der Waals surface area contributed by atoms with Gasteiger partial charge in [0.25, 0.3) is 10.1 Å². The number of nitrogens with zero attached hydrogens (tertiary/aromatic N) is 2. The molecule has 0 aromatic heterocycles. The summed E-state index contributed by atoms with van der Waals surface area (Å²) < 4.78 is 42.3. The Morgan fingerprint density at radius 1 is 1.37 bits per heavy atom. The summed E-state index contributed by atoms with van der Waals surface area (Å²) in [4.78, 5) is 13.0. The molecule has 0 spiro atoms. The molecular weight excluding hydrogens is 432 g/mol. The van der Waals surface area contributed by atoms with Crippen LogP contribution in [0, 0.1) is 0 Å². The van der Waals surface area contributed by atoms with Gasteiger partial charge in [0.15, 0.2) is 0 Å². The van der Waals surface area contributed by atoms with Crippen LogP contribution in [0.4, 0.5) is 4.79 Å². The van der Waals surface area contributed by atoms with Crippen LogP contribution in [0.2, 0.25) is 0 Å². The van der Waals surface area contributed by atoms with Crippen LogP contribution in [0.15, 0.2) is 24.3 Å². The molecule has 168 valence electrons. The van der Waals surface area contributed by atoms with Gasteiger partial charge in [0, 0.05) is 13.1 Å². The first-order valence-corrected chi connectivity index (χ1v) is 12.2. The van der Waals surface area contributed by atoms with Crippen molar-refractivity contribution in [3.8, 4) is 5.75 Å². The van der Waals surface area contributed by atoms with Gasteiger partial charge in [-0.25, -0.2) is 9.10 Å². The molecule has 0 radical (unpaired) electrons. The summed E-state index contributed by atoms with van der Waals surface area (Å²) >= 11 is 1.50. The van der Waals surface area contributed by atoms with E-state index >= 15 is 0 Å². The summed E-state index contributed by atoms with van der Waals surface area (Å²) in [5, 5.41) is 9.49. The van der Waals surface area contributed by atoms with E-state index in [0.717, 1.165) is 29.0 Å². The van der Waals surface area contributed by atoms with Crippen molar-refractivity contribution in [1.29, 1.82) is 0 Å². The minimum absolute atomic E-state index is 0.0784. The first-order chi connectivity index (χ1) is 14.0. The zero-order valence-corrected chi connectivity index (χ0v) is 19.1. The maximum Gasteiger partial charge on any atom is 0.410 e. The lowest BCUT2D eigenvalue weighted by Gasteiger charge is -2.35. The van der Waals surface area contributed by atoms with Crippen molar-refractivity contribution in [2.75, 3.05) is 26.5 Å². The van der Waals surface area contributed by atoms with Gasteiger partial charge in [-0.3, -0.25) is 9.08 Å². The van der Waals surface area contributed by atoms with Crippen molar-refractivity contribution in [1.82, 2.24) is 9.21 Å². The molecule has 3 atom stereocenters. The zero-order chi connectivity index (χ0) is 22.1. The normalized spacial score (nSPS) is 25.4. The van der Waals surface area contributed by atoms with Gasteiger partial charge in [0.05, 0.1) is 31.3 Å². The highest BCUT2D eigenvalue weighted by Crippen LogP contribution is 2.39. The standard InChI is InChI=1S/C19H28N2O7S2/c1-19(2)21(18(22)23)15(12-27-19)17(28-30(4,24)25)16-9-10-20(29-16)11-13-5-7-14(26-3)8-6-13/h5-8,15-17H,9-12H2,1-4H3,(H,22,23)/t15-,16?,17?/m1/s1. The van der Waals surface area contributed by atoms with Crippen molar-refractivity contribution in [3.63, 3.8) is 0 Å². The molecule has 2 aliphatic heterocycles. The number of ether oxygens (including phenoxy) is 2. The molecule has 2 unspecified atom stereocenters. The summed E-state index contributed by atoms with van der Waals surface area (Å²) in [6.07, 6.45) is -0.349. The minimum atomic E-state index is -3.79. The van der Waals surface area contributed by atoms with Crippen molar-refractivity contribution >= 4 is 28.2 Å². The lowest BCUT2D eigenvalue weighted by molar-refractivity contribution is -0.0454. The Bertz CT molecular complexity index is 860. The molecule has 2 fully saturated rings. The van der Waals surface area contributed by atoms with E-state index in [0.29, 0.717) is 13.0 Å². The summed E-state index contributed by atoms with van der Waals surface area (Å²) in [7, 11) is -2.17. The second-order valence-electron chi connectivity index (χ2n) is 7.89.